The van der Waals surface area contributed by atoms with Crippen LogP contribution < -0.4 is 5.32 Å². The average molecular weight is 337 g/mol. The molecule has 1 aliphatic rings. The Hall–Kier alpha value is -1.60. The molecule has 1 aliphatic heterocycles. The molecule has 0 bridgehead atoms. The number of guanidine groups is 1. The van der Waals surface area contributed by atoms with Crippen molar-refractivity contribution in [3.05, 3.63) is 18.7 Å². The Morgan fingerprint density at radius 1 is 1.33 bits per heavy atom. The van der Waals surface area contributed by atoms with Gasteiger partial charge in [-0.25, -0.2) is 4.98 Å². The van der Waals surface area contributed by atoms with Crippen LogP contribution in [0.5, 0.6) is 0 Å². The molecule has 0 atom stereocenters. The lowest BCUT2D eigenvalue weighted by Gasteiger charge is -2.34. The predicted octanol–water partition coefficient (Wildman–Crippen LogP) is 1.37. The Morgan fingerprint density at radius 2 is 2.17 bits per heavy atom. The van der Waals surface area contributed by atoms with E-state index in [1.165, 1.54) is 0 Å². The highest BCUT2D eigenvalue weighted by molar-refractivity contribution is 5.80. The van der Waals surface area contributed by atoms with Crippen LogP contribution in [-0.4, -0.2) is 73.0 Å². The molecule has 7 heteroatoms. The molecule has 1 saturated heterocycles. The summed E-state index contributed by atoms with van der Waals surface area (Å²) in [6.45, 7) is 8.15. The summed E-state index contributed by atoms with van der Waals surface area (Å²) in [5, 5.41) is 3.40. The van der Waals surface area contributed by atoms with Gasteiger partial charge in [0.25, 0.3) is 0 Å². The van der Waals surface area contributed by atoms with Crippen molar-refractivity contribution in [3.8, 4) is 0 Å². The van der Waals surface area contributed by atoms with Crippen molar-refractivity contribution >= 4 is 5.96 Å². The number of piperidine rings is 1. The van der Waals surface area contributed by atoms with Crippen LogP contribution >= 0.6 is 0 Å². The normalized spacial score (nSPS) is 16.6. The molecule has 0 radical (unpaired) electrons. The minimum absolute atomic E-state index is 0.368. The average Bonchev–Trinajstić information content (AvgIpc) is 3.12. The standard InChI is InChI=1S/C17H31N5O2/c1-3-19-17(20-8-12-21-11-7-18-15-21)22-9-5-16(6-10-22)24-14-4-13-23-2/h7,11,15-16H,3-6,8-10,12-14H2,1-2H3,(H,19,20). The number of nitrogens with one attached hydrogen (secondary N) is 1. The molecule has 1 N–H and O–H groups in total. The van der Waals surface area contributed by atoms with Crippen molar-refractivity contribution in [2.24, 2.45) is 4.99 Å². The zero-order chi connectivity index (χ0) is 17.0. The van der Waals surface area contributed by atoms with Crippen molar-refractivity contribution in [2.45, 2.75) is 38.8 Å². The predicted molar refractivity (Wildman–Crippen MR) is 95.2 cm³/mol. The van der Waals surface area contributed by atoms with Gasteiger partial charge in [0.05, 0.1) is 19.0 Å². The van der Waals surface area contributed by atoms with Gasteiger partial charge in [-0.05, 0) is 26.2 Å². The maximum absolute atomic E-state index is 5.93. The van der Waals surface area contributed by atoms with E-state index in [4.69, 9.17) is 14.5 Å². The molecule has 1 aromatic heterocycles. The third-order valence-corrected chi connectivity index (χ3v) is 4.10. The first-order chi connectivity index (χ1) is 11.8. The van der Waals surface area contributed by atoms with Crippen molar-refractivity contribution in [1.29, 1.82) is 0 Å². The van der Waals surface area contributed by atoms with E-state index in [2.05, 4.69) is 22.1 Å². The number of methoxy groups -OCH3 is 1. The van der Waals surface area contributed by atoms with Crippen LogP contribution in [0, 0.1) is 0 Å². The minimum atomic E-state index is 0.368. The minimum Gasteiger partial charge on any atom is -0.385 e. The SMILES string of the molecule is CCNC(=NCCn1ccnc1)N1CCC(OCCCOC)CC1. The Morgan fingerprint density at radius 3 is 2.83 bits per heavy atom. The lowest BCUT2D eigenvalue weighted by Crippen LogP contribution is -2.47. The lowest BCUT2D eigenvalue weighted by atomic mass is 10.1. The fourth-order valence-electron chi connectivity index (χ4n) is 2.80. The van der Waals surface area contributed by atoms with Gasteiger partial charge in [-0.2, -0.15) is 0 Å². The van der Waals surface area contributed by atoms with Crippen LogP contribution in [0.25, 0.3) is 0 Å². The molecule has 0 aromatic carbocycles. The van der Waals surface area contributed by atoms with Crippen LogP contribution in [0.15, 0.2) is 23.7 Å². The second kappa shape index (κ2) is 11.0. The topological polar surface area (TPSA) is 63.9 Å². The summed E-state index contributed by atoms with van der Waals surface area (Å²) >= 11 is 0. The summed E-state index contributed by atoms with van der Waals surface area (Å²) in [4.78, 5) is 11.1. The Kier molecular flexibility index (Phi) is 8.62. The fraction of sp³-hybridized carbons (Fsp3) is 0.765. The van der Waals surface area contributed by atoms with E-state index in [-0.39, 0.29) is 0 Å². The number of aliphatic imine (C=N–C) groups is 1. The van der Waals surface area contributed by atoms with E-state index in [0.717, 1.165) is 71.2 Å². The van der Waals surface area contributed by atoms with Crippen LogP contribution in [0.2, 0.25) is 0 Å². The molecule has 136 valence electrons. The Balaban J connectivity index is 1.73. The Bertz CT molecular complexity index is 456. The quantitative estimate of drug-likeness (QED) is 0.419. The van der Waals surface area contributed by atoms with E-state index in [1.807, 2.05) is 17.1 Å². The Labute approximate surface area is 145 Å². The number of ether oxygens (including phenoxy) is 2. The molecule has 2 heterocycles. The second-order valence-corrected chi connectivity index (χ2v) is 5.94. The number of hydrogen-bond donors (Lipinski definition) is 1. The summed E-state index contributed by atoms with van der Waals surface area (Å²) in [5.74, 6) is 1.01. The van der Waals surface area contributed by atoms with Gasteiger partial charge >= 0.3 is 0 Å². The molecule has 0 amide bonds. The third-order valence-electron chi connectivity index (χ3n) is 4.10. The summed E-state index contributed by atoms with van der Waals surface area (Å²) < 4.78 is 13.0. The summed E-state index contributed by atoms with van der Waals surface area (Å²) in [6, 6.07) is 0. The van der Waals surface area contributed by atoms with Gasteiger partial charge in [0.2, 0.25) is 0 Å². The highest BCUT2D eigenvalue weighted by atomic mass is 16.5. The molecule has 1 aromatic rings. The van der Waals surface area contributed by atoms with Gasteiger partial charge in [0, 0.05) is 58.9 Å². The fourth-order valence-corrected chi connectivity index (χ4v) is 2.80. The number of imidazole rings is 1. The van der Waals surface area contributed by atoms with Gasteiger partial charge in [0.15, 0.2) is 5.96 Å². The van der Waals surface area contributed by atoms with Crippen LogP contribution in [0.1, 0.15) is 26.2 Å². The summed E-state index contributed by atoms with van der Waals surface area (Å²) in [7, 11) is 1.73. The first kappa shape index (κ1) is 18.7. The highest BCUT2D eigenvalue weighted by Crippen LogP contribution is 2.14. The highest BCUT2D eigenvalue weighted by Gasteiger charge is 2.21. The lowest BCUT2D eigenvalue weighted by molar-refractivity contribution is 0.00990. The monoisotopic (exact) mass is 337 g/mol. The van der Waals surface area contributed by atoms with Gasteiger partial charge in [-0.15, -0.1) is 0 Å². The van der Waals surface area contributed by atoms with Gasteiger partial charge in [-0.1, -0.05) is 0 Å². The molecule has 24 heavy (non-hydrogen) atoms. The summed E-state index contributed by atoms with van der Waals surface area (Å²) in [5.41, 5.74) is 0. The van der Waals surface area contributed by atoms with Crippen LogP contribution in [0.4, 0.5) is 0 Å². The van der Waals surface area contributed by atoms with E-state index >= 15 is 0 Å². The number of hydrogen-bond acceptors (Lipinski definition) is 4. The van der Waals surface area contributed by atoms with E-state index < -0.39 is 0 Å². The number of rotatable bonds is 9. The molecular weight excluding hydrogens is 306 g/mol. The third kappa shape index (κ3) is 6.49. The molecule has 7 nitrogen and oxygen atoms in total. The first-order valence-corrected chi connectivity index (χ1v) is 8.93. The van der Waals surface area contributed by atoms with Gasteiger partial charge in [0.1, 0.15) is 0 Å². The molecule has 2 rings (SSSR count). The molecule has 0 saturated carbocycles. The molecule has 0 unspecified atom stereocenters. The largest absolute Gasteiger partial charge is 0.385 e. The zero-order valence-corrected chi connectivity index (χ0v) is 15.0. The van der Waals surface area contributed by atoms with E-state index in [9.17, 15) is 0 Å². The van der Waals surface area contributed by atoms with E-state index in [1.54, 1.807) is 13.3 Å². The second-order valence-electron chi connectivity index (χ2n) is 5.94. The summed E-state index contributed by atoms with van der Waals surface area (Å²) in [6.07, 6.45) is 9.04. The number of nitrogens with zero attached hydrogens (tertiary/aromatic N) is 4. The van der Waals surface area contributed by atoms with Crippen molar-refractivity contribution in [2.75, 3.05) is 46.5 Å². The van der Waals surface area contributed by atoms with Gasteiger partial charge < -0.3 is 24.3 Å². The van der Waals surface area contributed by atoms with Crippen molar-refractivity contribution in [3.63, 3.8) is 0 Å². The smallest absolute Gasteiger partial charge is 0.193 e. The molecule has 0 spiro atoms. The number of likely N-dealkylation sites (tertiary alicyclic amines) is 1. The number of aromatic nitrogens is 2. The maximum atomic E-state index is 5.93. The first-order valence-electron chi connectivity index (χ1n) is 8.93. The van der Waals surface area contributed by atoms with Gasteiger partial charge in [-0.3, -0.25) is 4.99 Å². The van der Waals surface area contributed by atoms with Crippen LogP contribution in [0.3, 0.4) is 0 Å². The molecular formula is C17H31N5O2. The van der Waals surface area contributed by atoms with Crippen molar-refractivity contribution in [1.82, 2.24) is 19.8 Å². The zero-order valence-electron chi connectivity index (χ0n) is 15.0. The van der Waals surface area contributed by atoms with Crippen LogP contribution in [-0.2, 0) is 16.0 Å². The van der Waals surface area contributed by atoms with E-state index in [0.29, 0.717) is 6.10 Å². The maximum Gasteiger partial charge on any atom is 0.193 e. The molecule has 1 fully saturated rings. The van der Waals surface area contributed by atoms with Crippen molar-refractivity contribution < 1.29 is 9.47 Å². The molecule has 0 aliphatic carbocycles.